The molecule has 0 bridgehead atoms. The molecule has 0 aliphatic carbocycles. The molecule has 1 atom stereocenters. The molecule has 1 amide bonds. The van der Waals surface area contributed by atoms with Crippen molar-refractivity contribution in [2.24, 2.45) is 5.73 Å². The second-order valence-corrected chi connectivity index (χ2v) is 4.98. The van der Waals surface area contributed by atoms with Gasteiger partial charge < -0.3 is 5.73 Å². The average molecular weight is 277 g/mol. The molecule has 104 valence electrons. The molecule has 0 aliphatic rings. The maximum atomic E-state index is 11.8. The number of amides is 1. The topological polar surface area (TPSA) is 68.9 Å². The van der Waals surface area contributed by atoms with Gasteiger partial charge in [-0.25, -0.2) is 0 Å². The summed E-state index contributed by atoms with van der Waals surface area (Å²) in [5, 5.41) is 0.911. The molecular weight excluding hydrogens is 262 g/mol. The van der Waals surface area contributed by atoms with Crippen LogP contribution in [0.15, 0.2) is 61.1 Å². The molecule has 21 heavy (non-hydrogen) atoms. The van der Waals surface area contributed by atoms with Gasteiger partial charge in [-0.1, -0.05) is 30.3 Å². The van der Waals surface area contributed by atoms with Gasteiger partial charge in [0.15, 0.2) is 0 Å². The highest BCUT2D eigenvalue weighted by molar-refractivity contribution is 5.84. The van der Waals surface area contributed by atoms with Gasteiger partial charge in [0.05, 0.1) is 11.4 Å². The lowest BCUT2D eigenvalue weighted by molar-refractivity contribution is -0.119. The Hall–Kier alpha value is -2.75. The van der Waals surface area contributed by atoms with E-state index in [0.29, 0.717) is 6.42 Å². The minimum atomic E-state index is -0.385. The van der Waals surface area contributed by atoms with E-state index in [0.717, 1.165) is 22.0 Å². The Bertz CT molecular complexity index is 771. The number of aromatic nitrogens is 2. The molecule has 2 heterocycles. The van der Waals surface area contributed by atoms with Gasteiger partial charge in [0.2, 0.25) is 5.91 Å². The van der Waals surface area contributed by atoms with Crippen molar-refractivity contribution in [2.75, 3.05) is 0 Å². The summed E-state index contributed by atoms with van der Waals surface area (Å²) in [6.45, 7) is 0. The van der Waals surface area contributed by atoms with Gasteiger partial charge in [-0.15, -0.1) is 0 Å². The summed E-state index contributed by atoms with van der Waals surface area (Å²) < 4.78 is 0. The number of nitrogens with two attached hydrogens (primary N) is 1. The van der Waals surface area contributed by atoms with Crippen LogP contribution in [0.2, 0.25) is 0 Å². The average Bonchev–Trinajstić information content (AvgIpc) is 2.53. The summed E-state index contributed by atoms with van der Waals surface area (Å²) in [6.07, 6.45) is 5.74. The molecule has 0 aliphatic heterocycles. The van der Waals surface area contributed by atoms with Crippen LogP contribution in [-0.2, 0) is 11.2 Å². The van der Waals surface area contributed by atoms with Crippen LogP contribution in [0.5, 0.6) is 0 Å². The Morgan fingerprint density at radius 1 is 1.14 bits per heavy atom. The first-order valence-corrected chi connectivity index (χ1v) is 6.77. The van der Waals surface area contributed by atoms with E-state index < -0.39 is 0 Å². The van der Waals surface area contributed by atoms with Gasteiger partial charge in [0, 0.05) is 24.0 Å². The van der Waals surface area contributed by atoms with E-state index in [1.807, 2.05) is 42.5 Å². The molecule has 1 unspecified atom stereocenters. The summed E-state index contributed by atoms with van der Waals surface area (Å²) in [4.78, 5) is 20.3. The van der Waals surface area contributed by atoms with E-state index in [1.165, 1.54) is 0 Å². The van der Waals surface area contributed by atoms with E-state index in [9.17, 15) is 4.79 Å². The number of benzene rings is 1. The van der Waals surface area contributed by atoms with Crippen LogP contribution in [0, 0.1) is 0 Å². The van der Waals surface area contributed by atoms with Gasteiger partial charge in [-0.2, -0.15) is 0 Å². The first-order valence-electron chi connectivity index (χ1n) is 6.77. The Labute approximate surface area is 122 Å². The summed E-state index contributed by atoms with van der Waals surface area (Å²) in [7, 11) is 0. The van der Waals surface area contributed by atoms with E-state index in [1.54, 1.807) is 18.6 Å². The molecule has 3 rings (SSSR count). The predicted octanol–water partition coefficient (Wildman–Crippen LogP) is 2.44. The molecule has 0 saturated carbocycles. The molecule has 4 nitrogen and oxygen atoms in total. The van der Waals surface area contributed by atoms with Crippen molar-refractivity contribution in [2.45, 2.75) is 12.3 Å². The number of rotatable bonds is 4. The Morgan fingerprint density at radius 3 is 2.71 bits per heavy atom. The highest BCUT2D eigenvalue weighted by Crippen LogP contribution is 2.23. The highest BCUT2D eigenvalue weighted by Gasteiger charge is 2.19. The van der Waals surface area contributed by atoms with Crippen molar-refractivity contribution in [3.63, 3.8) is 0 Å². The fraction of sp³-hybridized carbons (Fsp3) is 0.118. The number of fused-ring (bicyclic) bond motifs is 1. The number of carbonyl (C=O) groups is 1. The third-order valence-electron chi connectivity index (χ3n) is 3.53. The zero-order chi connectivity index (χ0) is 14.7. The summed E-state index contributed by atoms with van der Waals surface area (Å²) in [6, 6.07) is 13.6. The smallest absolute Gasteiger partial charge is 0.225 e. The number of pyridine rings is 2. The lowest BCUT2D eigenvalue weighted by Gasteiger charge is -2.14. The molecular formula is C17H15N3O. The van der Waals surface area contributed by atoms with Crippen LogP contribution in [-0.4, -0.2) is 15.9 Å². The van der Waals surface area contributed by atoms with E-state index in [-0.39, 0.29) is 11.8 Å². The number of hydrogen-bond acceptors (Lipinski definition) is 3. The third kappa shape index (κ3) is 2.89. The quantitative estimate of drug-likeness (QED) is 0.796. The Morgan fingerprint density at radius 2 is 1.95 bits per heavy atom. The number of nitrogens with zero attached hydrogens (tertiary/aromatic N) is 2. The fourth-order valence-electron chi connectivity index (χ4n) is 2.41. The maximum absolute atomic E-state index is 11.8. The first-order chi connectivity index (χ1) is 10.2. The minimum absolute atomic E-state index is 0.344. The van der Waals surface area contributed by atoms with E-state index >= 15 is 0 Å². The minimum Gasteiger partial charge on any atom is -0.369 e. The molecule has 0 saturated heterocycles. The van der Waals surface area contributed by atoms with Gasteiger partial charge in [-0.05, 0) is 29.7 Å². The van der Waals surface area contributed by atoms with Crippen LogP contribution in [0.1, 0.15) is 17.0 Å². The molecule has 1 aromatic carbocycles. The third-order valence-corrected chi connectivity index (χ3v) is 3.53. The SMILES string of the molecule is NC(=O)C(Cc1ccccc1)c1cnc2ccncc2c1. The Kier molecular flexibility index (Phi) is 3.60. The van der Waals surface area contributed by atoms with Gasteiger partial charge in [-0.3, -0.25) is 14.8 Å². The fourth-order valence-corrected chi connectivity index (χ4v) is 2.41. The second-order valence-electron chi connectivity index (χ2n) is 4.98. The summed E-state index contributed by atoms with van der Waals surface area (Å²) >= 11 is 0. The second kappa shape index (κ2) is 5.71. The lowest BCUT2D eigenvalue weighted by Crippen LogP contribution is -2.23. The van der Waals surface area contributed by atoms with Crippen molar-refractivity contribution in [3.05, 3.63) is 72.2 Å². The van der Waals surface area contributed by atoms with Crippen molar-refractivity contribution < 1.29 is 4.79 Å². The molecule has 2 aromatic heterocycles. The highest BCUT2D eigenvalue weighted by atomic mass is 16.1. The number of hydrogen-bond donors (Lipinski definition) is 1. The van der Waals surface area contributed by atoms with Crippen molar-refractivity contribution in [3.8, 4) is 0 Å². The first kappa shape index (κ1) is 13.2. The largest absolute Gasteiger partial charge is 0.369 e. The number of primary amides is 1. The van der Waals surface area contributed by atoms with Crippen LogP contribution < -0.4 is 5.73 Å². The zero-order valence-electron chi connectivity index (χ0n) is 11.4. The molecule has 0 fully saturated rings. The van der Waals surface area contributed by atoms with Crippen LogP contribution in [0.3, 0.4) is 0 Å². The predicted molar refractivity (Wildman–Crippen MR) is 81.6 cm³/mol. The van der Waals surface area contributed by atoms with Crippen LogP contribution in [0.25, 0.3) is 10.9 Å². The van der Waals surface area contributed by atoms with Crippen LogP contribution >= 0.6 is 0 Å². The van der Waals surface area contributed by atoms with Crippen molar-refractivity contribution >= 4 is 16.8 Å². The van der Waals surface area contributed by atoms with Crippen LogP contribution in [0.4, 0.5) is 0 Å². The summed E-state index contributed by atoms with van der Waals surface area (Å²) in [5.74, 6) is -0.728. The van der Waals surface area contributed by atoms with Crippen molar-refractivity contribution in [1.82, 2.24) is 9.97 Å². The molecule has 3 aromatic rings. The van der Waals surface area contributed by atoms with E-state index in [4.69, 9.17) is 5.73 Å². The van der Waals surface area contributed by atoms with Gasteiger partial charge in [0.1, 0.15) is 0 Å². The molecule has 2 N–H and O–H groups in total. The van der Waals surface area contributed by atoms with Gasteiger partial charge in [0.25, 0.3) is 0 Å². The monoisotopic (exact) mass is 277 g/mol. The molecule has 0 spiro atoms. The lowest BCUT2D eigenvalue weighted by atomic mass is 9.92. The molecule has 4 heteroatoms. The zero-order valence-corrected chi connectivity index (χ0v) is 11.4. The number of carbonyl (C=O) groups excluding carboxylic acids is 1. The maximum Gasteiger partial charge on any atom is 0.225 e. The van der Waals surface area contributed by atoms with Gasteiger partial charge >= 0.3 is 0 Å². The summed E-state index contributed by atoms with van der Waals surface area (Å²) in [5.41, 5.74) is 8.34. The molecule has 0 radical (unpaired) electrons. The standard InChI is InChI=1S/C17H15N3O/c18-17(21)15(8-12-4-2-1-3-5-12)13-9-14-10-19-7-6-16(14)20-11-13/h1-7,9-11,15H,8H2,(H2,18,21). The normalized spacial score (nSPS) is 12.2. The Balaban J connectivity index is 1.97. The van der Waals surface area contributed by atoms with Crippen molar-refractivity contribution in [1.29, 1.82) is 0 Å². The van der Waals surface area contributed by atoms with E-state index in [2.05, 4.69) is 9.97 Å².